The fourth-order valence-corrected chi connectivity index (χ4v) is 4.56. The molecule has 1 saturated heterocycles. The molecule has 5 nitrogen and oxygen atoms in total. The van der Waals surface area contributed by atoms with Crippen molar-refractivity contribution in [2.24, 2.45) is 11.8 Å². The second-order valence-electron chi connectivity index (χ2n) is 8.58. The molecule has 1 fully saturated rings. The van der Waals surface area contributed by atoms with E-state index in [2.05, 4.69) is 49.3 Å². The van der Waals surface area contributed by atoms with Gasteiger partial charge in [-0.1, -0.05) is 39.8 Å². The average molecular weight is 396 g/mol. The van der Waals surface area contributed by atoms with Crippen LogP contribution >= 0.6 is 0 Å². The van der Waals surface area contributed by atoms with Crippen LogP contribution in [0.1, 0.15) is 39.7 Å². The number of hydrogen-bond donors (Lipinski definition) is 1. The molecule has 0 aliphatic carbocycles. The van der Waals surface area contributed by atoms with Gasteiger partial charge in [-0.25, -0.2) is 13.1 Å². The van der Waals surface area contributed by atoms with Gasteiger partial charge in [-0.15, -0.1) is 0 Å². The lowest BCUT2D eigenvalue weighted by Crippen LogP contribution is -2.54. The SMILES string of the molecule is CC(C)CCc1ccc(S(=O)(=O)NCC(C(C)C)N2CCN(C)CC2)cc1. The first-order valence-electron chi connectivity index (χ1n) is 10.2. The lowest BCUT2D eigenvalue weighted by molar-refractivity contribution is 0.0905. The van der Waals surface area contributed by atoms with Gasteiger partial charge in [0.15, 0.2) is 0 Å². The van der Waals surface area contributed by atoms with Crippen LogP contribution in [0.25, 0.3) is 0 Å². The van der Waals surface area contributed by atoms with E-state index in [0.717, 1.165) is 39.0 Å². The largest absolute Gasteiger partial charge is 0.304 e. The molecule has 0 radical (unpaired) electrons. The Morgan fingerprint density at radius 3 is 2.11 bits per heavy atom. The Morgan fingerprint density at radius 2 is 1.59 bits per heavy atom. The van der Waals surface area contributed by atoms with Crippen molar-refractivity contribution in [3.63, 3.8) is 0 Å². The van der Waals surface area contributed by atoms with Crippen molar-refractivity contribution >= 4 is 10.0 Å². The maximum absolute atomic E-state index is 12.7. The third kappa shape index (κ3) is 6.86. The summed E-state index contributed by atoms with van der Waals surface area (Å²) in [7, 11) is -1.34. The second-order valence-corrected chi connectivity index (χ2v) is 10.3. The molecule has 1 unspecified atom stereocenters. The van der Waals surface area contributed by atoms with Crippen LogP contribution in [-0.4, -0.2) is 64.0 Å². The van der Waals surface area contributed by atoms with E-state index in [4.69, 9.17) is 0 Å². The lowest BCUT2D eigenvalue weighted by Gasteiger charge is -2.39. The monoisotopic (exact) mass is 395 g/mol. The van der Waals surface area contributed by atoms with Crippen LogP contribution in [0.2, 0.25) is 0 Å². The first-order chi connectivity index (χ1) is 12.7. The summed E-state index contributed by atoms with van der Waals surface area (Å²) in [6.45, 7) is 13.3. The molecule has 1 aliphatic rings. The van der Waals surface area contributed by atoms with E-state index in [0.29, 0.717) is 23.3 Å². The Bertz CT molecular complexity index is 663. The van der Waals surface area contributed by atoms with E-state index in [1.54, 1.807) is 12.1 Å². The van der Waals surface area contributed by atoms with E-state index >= 15 is 0 Å². The third-order valence-electron chi connectivity index (χ3n) is 5.50. The van der Waals surface area contributed by atoms with Crippen molar-refractivity contribution < 1.29 is 8.42 Å². The van der Waals surface area contributed by atoms with Crippen LogP contribution < -0.4 is 4.72 Å². The van der Waals surface area contributed by atoms with Gasteiger partial charge < -0.3 is 4.90 Å². The Balaban J connectivity index is 1.97. The minimum atomic E-state index is -3.47. The maximum Gasteiger partial charge on any atom is 0.240 e. The Hall–Kier alpha value is -0.950. The number of benzene rings is 1. The summed E-state index contributed by atoms with van der Waals surface area (Å²) in [5, 5.41) is 0. The number of piperazine rings is 1. The van der Waals surface area contributed by atoms with E-state index < -0.39 is 10.0 Å². The van der Waals surface area contributed by atoms with Crippen LogP contribution in [0, 0.1) is 11.8 Å². The number of aryl methyl sites for hydroxylation is 1. The molecule has 0 amide bonds. The summed E-state index contributed by atoms with van der Waals surface area (Å²) >= 11 is 0. The van der Waals surface area contributed by atoms with E-state index in [-0.39, 0.29) is 6.04 Å². The zero-order valence-corrected chi connectivity index (χ0v) is 18.4. The summed E-state index contributed by atoms with van der Waals surface area (Å²) in [6.07, 6.45) is 2.11. The van der Waals surface area contributed by atoms with Gasteiger partial charge in [0.25, 0.3) is 0 Å². The third-order valence-corrected chi connectivity index (χ3v) is 6.94. The van der Waals surface area contributed by atoms with Crippen molar-refractivity contribution in [3.8, 4) is 0 Å². The molecule has 0 spiro atoms. The van der Waals surface area contributed by atoms with Crippen LogP contribution in [0.3, 0.4) is 0 Å². The van der Waals surface area contributed by atoms with Crippen LogP contribution in [0.15, 0.2) is 29.2 Å². The molecule has 27 heavy (non-hydrogen) atoms. The smallest absolute Gasteiger partial charge is 0.240 e. The molecule has 1 N–H and O–H groups in total. The zero-order valence-electron chi connectivity index (χ0n) is 17.6. The normalized spacial score (nSPS) is 18.3. The number of nitrogens with one attached hydrogen (secondary N) is 1. The number of sulfonamides is 1. The molecular formula is C21H37N3O2S. The highest BCUT2D eigenvalue weighted by Crippen LogP contribution is 2.16. The van der Waals surface area contributed by atoms with Gasteiger partial charge in [-0.3, -0.25) is 4.90 Å². The average Bonchev–Trinajstić information content (AvgIpc) is 2.61. The topological polar surface area (TPSA) is 52.7 Å². The quantitative estimate of drug-likeness (QED) is 0.699. The highest BCUT2D eigenvalue weighted by molar-refractivity contribution is 7.89. The predicted molar refractivity (Wildman–Crippen MR) is 112 cm³/mol. The van der Waals surface area contributed by atoms with Crippen molar-refractivity contribution in [1.29, 1.82) is 0 Å². The standard InChI is InChI=1S/C21H37N3O2S/c1-17(2)6-7-19-8-10-20(11-9-19)27(25,26)22-16-21(18(3)4)24-14-12-23(5)13-15-24/h8-11,17-18,21-22H,6-7,12-16H2,1-5H3. The highest BCUT2D eigenvalue weighted by Gasteiger charge is 2.26. The van der Waals surface area contributed by atoms with Crippen LogP contribution in [-0.2, 0) is 16.4 Å². The molecule has 1 heterocycles. The molecule has 1 aliphatic heterocycles. The fourth-order valence-electron chi connectivity index (χ4n) is 3.51. The Kier molecular flexibility index (Phi) is 8.28. The second kappa shape index (κ2) is 10.0. The minimum absolute atomic E-state index is 0.221. The molecule has 0 saturated carbocycles. The summed E-state index contributed by atoms with van der Waals surface area (Å²) in [5.74, 6) is 1.05. The molecule has 6 heteroatoms. The van der Waals surface area contributed by atoms with Crippen molar-refractivity contribution in [3.05, 3.63) is 29.8 Å². The van der Waals surface area contributed by atoms with Crippen LogP contribution in [0.5, 0.6) is 0 Å². The van der Waals surface area contributed by atoms with Crippen molar-refractivity contribution in [2.45, 2.75) is 51.5 Å². The van der Waals surface area contributed by atoms with Crippen molar-refractivity contribution in [1.82, 2.24) is 14.5 Å². The lowest BCUT2D eigenvalue weighted by atomic mass is 10.0. The van der Waals surface area contributed by atoms with E-state index in [9.17, 15) is 8.42 Å². The van der Waals surface area contributed by atoms with Gasteiger partial charge in [-0.05, 0) is 49.4 Å². The molecular weight excluding hydrogens is 358 g/mol. The Labute approximate surface area is 166 Å². The Morgan fingerprint density at radius 1 is 1.00 bits per heavy atom. The first kappa shape index (κ1) is 22.3. The minimum Gasteiger partial charge on any atom is -0.304 e. The molecule has 1 atom stereocenters. The highest BCUT2D eigenvalue weighted by atomic mass is 32.2. The van der Waals surface area contributed by atoms with E-state index in [1.807, 2.05) is 12.1 Å². The molecule has 2 rings (SSSR count). The molecule has 0 aromatic heterocycles. The maximum atomic E-state index is 12.7. The summed E-state index contributed by atoms with van der Waals surface area (Å²) < 4.78 is 28.3. The number of nitrogens with zero attached hydrogens (tertiary/aromatic N) is 2. The number of likely N-dealkylation sites (N-methyl/N-ethyl adjacent to an activating group) is 1. The molecule has 1 aromatic rings. The van der Waals surface area contributed by atoms with E-state index in [1.165, 1.54) is 5.56 Å². The van der Waals surface area contributed by atoms with Gasteiger partial charge in [0.1, 0.15) is 0 Å². The van der Waals surface area contributed by atoms with Gasteiger partial charge >= 0.3 is 0 Å². The van der Waals surface area contributed by atoms with Gasteiger partial charge in [0, 0.05) is 38.8 Å². The summed E-state index contributed by atoms with van der Waals surface area (Å²) in [4.78, 5) is 5.10. The number of hydrogen-bond acceptors (Lipinski definition) is 4. The van der Waals surface area contributed by atoms with Gasteiger partial charge in [0.05, 0.1) is 4.90 Å². The molecule has 0 bridgehead atoms. The predicted octanol–water partition coefficient (Wildman–Crippen LogP) is 2.83. The zero-order chi connectivity index (χ0) is 20.0. The number of rotatable bonds is 9. The fraction of sp³-hybridized carbons (Fsp3) is 0.714. The summed E-state index contributed by atoms with van der Waals surface area (Å²) in [5.41, 5.74) is 1.19. The van der Waals surface area contributed by atoms with Gasteiger partial charge in [0.2, 0.25) is 10.0 Å². The van der Waals surface area contributed by atoms with Gasteiger partial charge in [-0.2, -0.15) is 0 Å². The molecule has 1 aromatic carbocycles. The summed E-state index contributed by atoms with van der Waals surface area (Å²) in [6, 6.07) is 7.57. The molecule has 154 valence electrons. The first-order valence-corrected chi connectivity index (χ1v) is 11.7. The van der Waals surface area contributed by atoms with Crippen molar-refractivity contribution in [2.75, 3.05) is 39.8 Å². The van der Waals surface area contributed by atoms with Crippen LogP contribution in [0.4, 0.5) is 0 Å².